The van der Waals surface area contributed by atoms with E-state index in [1.165, 1.54) is 0 Å². The standard InChI is InChI=1S/C16H24N2O2/c1-4-13(2)18(14(3)19)11-10-16(20)17-12-15-8-6-5-7-9-15/h5-9,13H,4,10-12H2,1-3H3,(H,17,20). The minimum absolute atomic E-state index is 0.0233. The number of nitrogens with one attached hydrogen (secondary N) is 1. The van der Waals surface area contributed by atoms with E-state index >= 15 is 0 Å². The van der Waals surface area contributed by atoms with Crippen LogP contribution in [-0.4, -0.2) is 29.3 Å². The third-order valence-electron chi connectivity index (χ3n) is 3.44. The van der Waals surface area contributed by atoms with Gasteiger partial charge in [0.15, 0.2) is 0 Å². The van der Waals surface area contributed by atoms with Crippen LogP contribution >= 0.6 is 0 Å². The van der Waals surface area contributed by atoms with E-state index in [1.807, 2.05) is 44.2 Å². The minimum Gasteiger partial charge on any atom is -0.352 e. The average Bonchev–Trinajstić information content (AvgIpc) is 2.45. The summed E-state index contributed by atoms with van der Waals surface area (Å²) < 4.78 is 0. The molecule has 110 valence electrons. The highest BCUT2D eigenvalue weighted by atomic mass is 16.2. The number of hydrogen-bond acceptors (Lipinski definition) is 2. The smallest absolute Gasteiger partial charge is 0.222 e. The number of carbonyl (C=O) groups is 2. The molecule has 4 nitrogen and oxygen atoms in total. The van der Waals surface area contributed by atoms with E-state index in [9.17, 15) is 9.59 Å². The van der Waals surface area contributed by atoms with Crippen LogP contribution in [0.4, 0.5) is 0 Å². The Labute approximate surface area is 121 Å². The summed E-state index contributed by atoms with van der Waals surface area (Å²) in [5.41, 5.74) is 1.08. The Kier molecular flexibility index (Phi) is 6.77. The SMILES string of the molecule is CCC(C)N(CCC(=O)NCc1ccccc1)C(C)=O. The van der Waals surface area contributed by atoms with Gasteiger partial charge in [0.1, 0.15) is 0 Å². The third-order valence-corrected chi connectivity index (χ3v) is 3.44. The number of carbonyl (C=O) groups excluding carboxylic acids is 2. The van der Waals surface area contributed by atoms with E-state index in [2.05, 4.69) is 5.32 Å². The first-order valence-corrected chi connectivity index (χ1v) is 7.12. The van der Waals surface area contributed by atoms with Crippen molar-refractivity contribution in [3.05, 3.63) is 35.9 Å². The van der Waals surface area contributed by atoms with Crippen LogP contribution in [-0.2, 0) is 16.1 Å². The van der Waals surface area contributed by atoms with Crippen LogP contribution in [0, 0.1) is 0 Å². The van der Waals surface area contributed by atoms with Gasteiger partial charge in [0, 0.05) is 32.5 Å². The highest BCUT2D eigenvalue weighted by Gasteiger charge is 2.16. The maximum atomic E-state index is 11.8. The Morgan fingerprint density at radius 2 is 1.90 bits per heavy atom. The lowest BCUT2D eigenvalue weighted by molar-refractivity contribution is -0.131. The van der Waals surface area contributed by atoms with Crippen LogP contribution in [0.15, 0.2) is 30.3 Å². The molecule has 0 saturated heterocycles. The Morgan fingerprint density at radius 1 is 1.25 bits per heavy atom. The molecule has 0 heterocycles. The molecule has 4 heteroatoms. The Balaban J connectivity index is 2.36. The van der Waals surface area contributed by atoms with Crippen molar-refractivity contribution in [2.75, 3.05) is 6.54 Å². The lowest BCUT2D eigenvalue weighted by Crippen LogP contribution is -2.39. The van der Waals surface area contributed by atoms with Gasteiger partial charge < -0.3 is 10.2 Å². The third kappa shape index (κ3) is 5.43. The molecule has 1 rings (SSSR count). The molecule has 1 atom stereocenters. The molecule has 1 aromatic carbocycles. The van der Waals surface area contributed by atoms with Gasteiger partial charge in [0.25, 0.3) is 0 Å². The zero-order chi connectivity index (χ0) is 15.0. The van der Waals surface area contributed by atoms with Gasteiger partial charge in [-0.2, -0.15) is 0 Å². The number of benzene rings is 1. The van der Waals surface area contributed by atoms with Crippen molar-refractivity contribution in [2.24, 2.45) is 0 Å². The molecule has 0 spiro atoms. The van der Waals surface area contributed by atoms with Crippen molar-refractivity contribution in [3.63, 3.8) is 0 Å². The Bertz CT molecular complexity index is 431. The molecule has 1 aromatic rings. The Hall–Kier alpha value is -1.84. The van der Waals surface area contributed by atoms with Crippen LogP contribution < -0.4 is 5.32 Å². The summed E-state index contributed by atoms with van der Waals surface area (Å²) in [6.45, 7) is 6.60. The number of hydrogen-bond donors (Lipinski definition) is 1. The molecule has 0 saturated carbocycles. The predicted molar refractivity (Wildman–Crippen MR) is 80.0 cm³/mol. The molecule has 0 aliphatic rings. The summed E-state index contributed by atoms with van der Waals surface area (Å²) in [5, 5.41) is 2.87. The molecule has 1 unspecified atom stereocenters. The molecule has 0 aliphatic carbocycles. The molecule has 0 fully saturated rings. The van der Waals surface area contributed by atoms with Gasteiger partial charge in [0.05, 0.1) is 0 Å². The number of amides is 2. The summed E-state index contributed by atoms with van der Waals surface area (Å²) >= 11 is 0. The van der Waals surface area contributed by atoms with Crippen molar-refractivity contribution >= 4 is 11.8 Å². The van der Waals surface area contributed by atoms with E-state index in [0.29, 0.717) is 19.5 Å². The lowest BCUT2D eigenvalue weighted by atomic mass is 10.2. The quantitative estimate of drug-likeness (QED) is 0.831. The minimum atomic E-state index is -0.0246. The normalized spacial score (nSPS) is 11.8. The average molecular weight is 276 g/mol. The summed E-state index contributed by atoms with van der Waals surface area (Å²) in [4.78, 5) is 25.1. The monoisotopic (exact) mass is 276 g/mol. The first-order valence-electron chi connectivity index (χ1n) is 7.12. The first kappa shape index (κ1) is 16.2. The zero-order valence-electron chi connectivity index (χ0n) is 12.6. The molecular weight excluding hydrogens is 252 g/mol. The Morgan fingerprint density at radius 3 is 2.45 bits per heavy atom. The van der Waals surface area contributed by atoms with Crippen LogP contribution in [0.3, 0.4) is 0 Å². The fourth-order valence-electron chi connectivity index (χ4n) is 2.02. The fourth-order valence-corrected chi connectivity index (χ4v) is 2.02. The maximum absolute atomic E-state index is 11.8. The molecule has 0 aromatic heterocycles. The molecule has 0 radical (unpaired) electrons. The molecule has 20 heavy (non-hydrogen) atoms. The summed E-state index contributed by atoms with van der Waals surface area (Å²) in [5.74, 6) is -0.00128. The van der Waals surface area contributed by atoms with Crippen LogP contribution in [0.25, 0.3) is 0 Å². The topological polar surface area (TPSA) is 49.4 Å². The lowest BCUT2D eigenvalue weighted by Gasteiger charge is -2.27. The number of rotatable bonds is 7. The van der Waals surface area contributed by atoms with Crippen LogP contribution in [0.1, 0.15) is 39.2 Å². The van der Waals surface area contributed by atoms with Crippen molar-refractivity contribution in [2.45, 2.75) is 46.2 Å². The predicted octanol–water partition coefficient (Wildman–Crippen LogP) is 2.34. The highest BCUT2D eigenvalue weighted by Crippen LogP contribution is 2.05. The second-order valence-corrected chi connectivity index (χ2v) is 4.98. The maximum Gasteiger partial charge on any atom is 0.222 e. The zero-order valence-corrected chi connectivity index (χ0v) is 12.6. The van der Waals surface area contributed by atoms with Gasteiger partial charge in [-0.05, 0) is 18.9 Å². The van der Waals surface area contributed by atoms with Crippen molar-refractivity contribution in [1.82, 2.24) is 10.2 Å². The largest absolute Gasteiger partial charge is 0.352 e. The first-order chi connectivity index (χ1) is 9.54. The molecular formula is C16H24N2O2. The summed E-state index contributed by atoms with van der Waals surface area (Å²) in [7, 11) is 0. The van der Waals surface area contributed by atoms with Crippen molar-refractivity contribution in [1.29, 1.82) is 0 Å². The van der Waals surface area contributed by atoms with Crippen LogP contribution in [0.2, 0.25) is 0 Å². The second kappa shape index (κ2) is 8.35. The summed E-state index contributed by atoms with van der Waals surface area (Å²) in [6.07, 6.45) is 1.24. The number of nitrogens with zero attached hydrogens (tertiary/aromatic N) is 1. The van der Waals surface area contributed by atoms with E-state index in [4.69, 9.17) is 0 Å². The van der Waals surface area contributed by atoms with Gasteiger partial charge in [-0.3, -0.25) is 9.59 Å². The van der Waals surface area contributed by atoms with Gasteiger partial charge in [-0.15, -0.1) is 0 Å². The highest BCUT2D eigenvalue weighted by molar-refractivity contribution is 5.78. The molecule has 0 bridgehead atoms. The molecule has 0 aliphatic heterocycles. The van der Waals surface area contributed by atoms with Crippen LogP contribution in [0.5, 0.6) is 0 Å². The van der Waals surface area contributed by atoms with Crippen molar-refractivity contribution in [3.8, 4) is 0 Å². The second-order valence-electron chi connectivity index (χ2n) is 4.98. The van der Waals surface area contributed by atoms with Gasteiger partial charge in [-0.1, -0.05) is 37.3 Å². The van der Waals surface area contributed by atoms with E-state index in [-0.39, 0.29) is 17.9 Å². The van der Waals surface area contributed by atoms with Gasteiger partial charge in [-0.25, -0.2) is 0 Å². The van der Waals surface area contributed by atoms with E-state index in [0.717, 1.165) is 12.0 Å². The summed E-state index contributed by atoms with van der Waals surface area (Å²) in [6, 6.07) is 9.96. The molecule has 2 amide bonds. The van der Waals surface area contributed by atoms with Gasteiger partial charge in [0.2, 0.25) is 11.8 Å². The fraction of sp³-hybridized carbons (Fsp3) is 0.500. The molecule has 1 N–H and O–H groups in total. The van der Waals surface area contributed by atoms with E-state index < -0.39 is 0 Å². The van der Waals surface area contributed by atoms with Gasteiger partial charge >= 0.3 is 0 Å². The van der Waals surface area contributed by atoms with Crippen molar-refractivity contribution < 1.29 is 9.59 Å². The van der Waals surface area contributed by atoms with E-state index in [1.54, 1.807) is 11.8 Å².